The first-order valence-electron chi connectivity index (χ1n) is 10.5. The number of aromatic nitrogens is 2. The van der Waals surface area contributed by atoms with Crippen molar-refractivity contribution in [3.05, 3.63) is 83.4 Å². The molecule has 1 aliphatic heterocycles. The van der Waals surface area contributed by atoms with Gasteiger partial charge in [0, 0.05) is 32.4 Å². The largest absolute Gasteiger partial charge is 0.373 e. The monoisotopic (exact) mass is 422 g/mol. The number of halogens is 1. The topological polar surface area (TPSA) is 59.4 Å². The van der Waals surface area contributed by atoms with Gasteiger partial charge >= 0.3 is 0 Å². The minimum atomic E-state index is -0.391. The second-order valence-corrected chi connectivity index (χ2v) is 8.00. The van der Waals surface area contributed by atoms with Gasteiger partial charge in [0.15, 0.2) is 5.69 Å². The lowest BCUT2D eigenvalue weighted by Crippen LogP contribution is -2.45. The number of nitrogens with one attached hydrogen (secondary N) is 1. The van der Waals surface area contributed by atoms with Crippen LogP contribution >= 0.6 is 0 Å². The molecule has 0 radical (unpaired) electrons. The molecule has 2 atom stereocenters. The first-order chi connectivity index (χ1) is 15.0. The molecule has 2 aromatic carbocycles. The molecule has 1 amide bonds. The van der Waals surface area contributed by atoms with E-state index in [4.69, 9.17) is 4.74 Å². The van der Waals surface area contributed by atoms with Crippen LogP contribution in [0.4, 0.5) is 4.39 Å². The van der Waals surface area contributed by atoms with E-state index in [2.05, 4.69) is 35.2 Å². The van der Waals surface area contributed by atoms with Crippen molar-refractivity contribution in [3.63, 3.8) is 0 Å². The van der Waals surface area contributed by atoms with Crippen LogP contribution in [0.3, 0.4) is 0 Å². The second-order valence-electron chi connectivity index (χ2n) is 8.00. The van der Waals surface area contributed by atoms with Crippen molar-refractivity contribution in [1.29, 1.82) is 0 Å². The highest BCUT2D eigenvalue weighted by Crippen LogP contribution is 2.17. The first-order valence-corrected chi connectivity index (χ1v) is 10.5. The average Bonchev–Trinajstić information content (AvgIpc) is 3.22. The lowest BCUT2D eigenvalue weighted by atomic mass is 10.1. The summed E-state index contributed by atoms with van der Waals surface area (Å²) in [6, 6.07) is 16.0. The zero-order valence-electron chi connectivity index (χ0n) is 17.8. The summed E-state index contributed by atoms with van der Waals surface area (Å²) in [4.78, 5) is 15.0. The zero-order chi connectivity index (χ0) is 21.8. The van der Waals surface area contributed by atoms with Crippen LogP contribution in [0.25, 0.3) is 5.69 Å². The van der Waals surface area contributed by atoms with Gasteiger partial charge in [-0.2, -0.15) is 5.10 Å². The normalized spacial score (nSPS) is 19.3. The lowest BCUT2D eigenvalue weighted by molar-refractivity contribution is -0.0705. The molecule has 1 N–H and O–H groups in total. The molecule has 7 heteroatoms. The molecule has 2 unspecified atom stereocenters. The summed E-state index contributed by atoms with van der Waals surface area (Å²) < 4.78 is 21.2. The molecule has 1 saturated heterocycles. The Morgan fingerprint density at radius 3 is 2.48 bits per heavy atom. The van der Waals surface area contributed by atoms with Crippen molar-refractivity contribution in [2.24, 2.45) is 0 Å². The summed E-state index contributed by atoms with van der Waals surface area (Å²) in [5, 5.41) is 7.17. The molecule has 0 saturated carbocycles. The second kappa shape index (κ2) is 9.41. The molecule has 0 spiro atoms. The number of morpholine rings is 1. The van der Waals surface area contributed by atoms with Crippen LogP contribution in [0.2, 0.25) is 0 Å². The molecular formula is C24H27FN4O2. The van der Waals surface area contributed by atoms with Crippen molar-refractivity contribution in [1.82, 2.24) is 20.0 Å². The highest BCUT2D eigenvalue weighted by Gasteiger charge is 2.22. The number of rotatable bonds is 6. The van der Waals surface area contributed by atoms with E-state index in [1.807, 2.05) is 18.2 Å². The molecule has 6 nitrogen and oxygen atoms in total. The number of ether oxygens (including phenoxy) is 1. The maximum Gasteiger partial charge on any atom is 0.272 e. The van der Waals surface area contributed by atoms with E-state index >= 15 is 0 Å². The van der Waals surface area contributed by atoms with E-state index in [1.54, 1.807) is 30.5 Å². The third-order valence-corrected chi connectivity index (χ3v) is 5.37. The number of carbonyl (C=O) groups is 1. The molecule has 1 fully saturated rings. The molecule has 162 valence electrons. The number of para-hydroxylation sites is 1. The van der Waals surface area contributed by atoms with Crippen molar-refractivity contribution in [3.8, 4) is 5.69 Å². The molecule has 0 bridgehead atoms. The molecular weight excluding hydrogens is 395 g/mol. The van der Waals surface area contributed by atoms with E-state index in [0.29, 0.717) is 12.2 Å². The Balaban J connectivity index is 1.41. The van der Waals surface area contributed by atoms with Crippen molar-refractivity contribution < 1.29 is 13.9 Å². The molecule has 31 heavy (non-hydrogen) atoms. The molecule has 1 aromatic heterocycles. The third kappa shape index (κ3) is 5.18. The number of benzene rings is 2. The quantitative estimate of drug-likeness (QED) is 0.660. The Bertz CT molecular complexity index is 1040. The Labute approximate surface area is 181 Å². The summed E-state index contributed by atoms with van der Waals surface area (Å²) >= 11 is 0. The predicted octanol–water partition coefficient (Wildman–Crippen LogP) is 3.55. The van der Waals surface area contributed by atoms with Crippen molar-refractivity contribution >= 4 is 5.91 Å². The van der Waals surface area contributed by atoms with Gasteiger partial charge in [0.25, 0.3) is 5.91 Å². The van der Waals surface area contributed by atoms with E-state index in [-0.39, 0.29) is 23.8 Å². The van der Waals surface area contributed by atoms with Crippen molar-refractivity contribution in [2.75, 3.05) is 13.1 Å². The lowest BCUT2D eigenvalue weighted by Gasteiger charge is -2.35. The summed E-state index contributed by atoms with van der Waals surface area (Å²) in [6.45, 7) is 7.17. The summed E-state index contributed by atoms with van der Waals surface area (Å²) in [5.74, 6) is -0.684. The highest BCUT2D eigenvalue weighted by molar-refractivity contribution is 5.92. The summed E-state index contributed by atoms with van der Waals surface area (Å²) in [6.07, 6.45) is 2.00. The van der Waals surface area contributed by atoms with Crippen molar-refractivity contribution in [2.45, 2.75) is 39.1 Å². The fourth-order valence-electron chi connectivity index (χ4n) is 4.02. The maximum absolute atomic E-state index is 14.0. The Kier molecular flexibility index (Phi) is 6.44. The standard InChI is InChI=1S/C24H27FN4O2/c1-17-14-28(15-18(2)31-17)16-20-8-4-3-7-19(20)13-26-24(30)22-11-12-29(27-22)23-10-6-5-9-21(23)25/h3-12,17-18H,13-16H2,1-2H3,(H,26,30). The van der Waals surface area contributed by atoms with Crippen LogP contribution in [0, 0.1) is 5.82 Å². The van der Waals surface area contributed by atoms with Gasteiger partial charge in [0.1, 0.15) is 11.5 Å². The SMILES string of the molecule is CC1CN(Cc2ccccc2CNC(=O)c2ccn(-c3ccccc3F)n2)CC(C)O1. The first kappa shape index (κ1) is 21.2. The molecule has 4 rings (SSSR count). The van der Waals surface area contributed by atoms with Crippen LogP contribution < -0.4 is 5.32 Å². The maximum atomic E-state index is 14.0. The van der Waals surface area contributed by atoms with E-state index in [0.717, 1.165) is 25.2 Å². The summed E-state index contributed by atoms with van der Waals surface area (Å²) in [5.41, 5.74) is 2.80. The van der Waals surface area contributed by atoms with Gasteiger partial charge in [-0.1, -0.05) is 36.4 Å². The fourth-order valence-corrected chi connectivity index (χ4v) is 4.02. The fraction of sp³-hybridized carbons (Fsp3) is 0.333. The van der Waals surface area contributed by atoms with E-state index < -0.39 is 5.82 Å². The van der Waals surface area contributed by atoms with Gasteiger partial charge in [0.05, 0.1) is 12.2 Å². The van der Waals surface area contributed by atoms with Gasteiger partial charge in [-0.3, -0.25) is 9.69 Å². The number of hydrogen-bond acceptors (Lipinski definition) is 4. The highest BCUT2D eigenvalue weighted by atomic mass is 19.1. The van der Waals surface area contributed by atoms with E-state index in [9.17, 15) is 9.18 Å². The Morgan fingerprint density at radius 2 is 1.74 bits per heavy atom. The van der Waals surface area contributed by atoms with Crippen LogP contribution in [0.15, 0.2) is 60.8 Å². The number of amides is 1. The van der Waals surface area contributed by atoms with Crippen LogP contribution in [-0.2, 0) is 17.8 Å². The minimum Gasteiger partial charge on any atom is -0.373 e. The average molecular weight is 423 g/mol. The molecule has 2 heterocycles. The molecule has 0 aliphatic carbocycles. The number of nitrogens with zero attached hydrogens (tertiary/aromatic N) is 3. The van der Waals surface area contributed by atoms with Crippen LogP contribution in [-0.4, -0.2) is 45.9 Å². The van der Waals surface area contributed by atoms with Crippen LogP contribution in [0.5, 0.6) is 0 Å². The van der Waals surface area contributed by atoms with Gasteiger partial charge in [-0.05, 0) is 43.2 Å². The van der Waals surface area contributed by atoms with Gasteiger partial charge in [-0.15, -0.1) is 0 Å². The smallest absolute Gasteiger partial charge is 0.272 e. The number of hydrogen-bond donors (Lipinski definition) is 1. The predicted molar refractivity (Wildman–Crippen MR) is 116 cm³/mol. The van der Waals surface area contributed by atoms with Gasteiger partial charge < -0.3 is 10.1 Å². The Hall–Kier alpha value is -3.03. The summed E-state index contributed by atoms with van der Waals surface area (Å²) in [7, 11) is 0. The minimum absolute atomic E-state index is 0.208. The number of carbonyl (C=O) groups excluding carboxylic acids is 1. The molecule has 1 aliphatic rings. The van der Waals surface area contributed by atoms with E-state index in [1.165, 1.54) is 16.3 Å². The third-order valence-electron chi connectivity index (χ3n) is 5.37. The van der Waals surface area contributed by atoms with Gasteiger partial charge in [-0.25, -0.2) is 9.07 Å². The zero-order valence-corrected chi connectivity index (χ0v) is 17.8. The Morgan fingerprint density at radius 1 is 1.06 bits per heavy atom. The van der Waals surface area contributed by atoms with Crippen LogP contribution in [0.1, 0.15) is 35.5 Å². The van der Waals surface area contributed by atoms with Gasteiger partial charge in [0.2, 0.25) is 0 Å². The molecule has 3 aromatic rings.